The zero-order chi connectivity index (χ0) is 15.7. The van der Waals surface area contributed by atoms with Gasteiger partial charge in [-0.05, 0) is 38.0 Å². The van der Waals surface area contributed by atoms with Gasteiger partial charge in [-0.1, -0.05) is 20.8 Å². The molecule has 0 aromatic carbocycles. The Morgan fingerprint density at radius 2 is 1.81 bits per heavy atom. The van der Waals surface area contributed by atoms with Crippen molar-refractivity contribution in [2.24, 2.45) is 5.41 Å². The van der Waals surface area contributed by atoms with Crippen molar-refractivity contribution in [3.63, 3.8) is 0 Å². The number of hydrogen-bond donors (Lipinski definition) is 3. The van der Waals surface area contributed by atoms with E-state index >= 15 is 0 Å². The van der Waals surface area contributed by atoms with E-state index in [2.05, 4.69) is 29.1 Å². The summed E-state index contributed by atoms with van der Waals surface area (Å²) >= 11 is 0. The highest BCUT2D eigenvalue weighted by molar-refractivity contribution is 5.54. The molecule has 0 radical (unpaired) electrons. The lowest BCUT2D eigenvalue weighted by molar-refractivity contribution is -0.0146. The first-order chi connectivity index (χ1) is 9.75. The molecule has 5 heteroatoms. The molecule has 1 fully saturated rings. The predicted octanol–water partition coefficient (Wildman–Crippen LogP) is 2.67. The van der Waals surface area contributed by atoms with Gasteiger partial charge in [0.1, 0.15) is 17.5 Å². The summed E-state index contributed by atoms with van der Waals surface area (Å²) in [4.78, 5) is 8.73. The molecule has 0 atom stereocenters. The third kappa shape index (κ3) is 3.84. The number of hydrogen-bond acceptors (Lipinski definition) is 5. The average molecular weight is 292 g/mol. The zero-order valence-corrected chi connectivity index (χ0v) is 13.7. The van der Waals surface area contributed by atoms with Crippen LogP contribution in [0.1, 0.15) is 57.8 Å². The molecule has 0 amide bonds. The van der Waals surface area contributed by atoms with Gasteiger partial charge >= 0.3 is 0 Å². The summed E-state index contributed by atoms with van der Waals surface area (Å²) in [6.07, 6.45) is 4.50. The van der Waals surface area contributed by atoms with Crippen LogP contribution in [0.3, 0.4) is 0 Å². The van der Waals surface area contributed by atoms with E-state index in [4.69, 9.17) is 5.73 Å². The van der Waals surface area contributed by atoms with Crippen molar-refractivity contribution in [3.8, 4) is 0 Å². The summed E-state index contributed by atoms with van der Waals surface area (Å²) in [5.41, 5.74) is 6.47. The Labute approximate surface area is 127 Å². The lowest BCUT2D eigenvalue weighted by Crippen LogP contribution is -2.42. The zero-order valence-electron chi connectivity index (χ0n) is 13.7. The standard InChI is InChI=1S/C16H28N4O/c1-5-12-19-13(17)11(2)14(20-12)18-10-16(21)8-6-15(3,4)7-9-16/h21H,5-10H2,1-4H3,(H3,17,18,19,20). The molecule has 0 saturated heterocycles. The quantitative estimate of drug-likeness (QED) is 0.794. The molecule has 1 saturated carbocycles. The summed E-state index contributed by atoms with van der Waals surface area (Å²) in [5, 5.41) is 14.0. The Morgan fingerprint density at radius 1 is 1.19 bits per heavy atom. The Balaban J connectivity index is 2.05. The molecule has 4 N–H and O–H groups in total. The Kier molecular flexibility index (Phi) is 4.42. The minimum absolute atomic E-state index is 0.344. The normalized spacial score (nSPS) is 20.2. The van der Waals surface area contributed by atoms with Gasteiger partial charge in [0, 0.05) is 18.5 Å². The average Bonchev–Trinajstić information content (AvgIpc) is 2.44. The van der Waals surface area contributed by atoms with Gasteiger partial charge in [0.05, 0.1) is 5.60 Å². The van der Waals surface area contributed by atoms with Gasteiger partial charge in [-0.25, -0.2) is 9.97 Å². The van der Waals surface area contributed by atoms with Gasteiger partial charge in [0.15, 0.2) is 0 Å². The second-order valence-corrected chi connectivity index (χ2v) is 7.09. The van der Waals surface area contributed by atoms with Crippen molar-refractivity contribution in [1.82, 2.24) is 9.97 Å². The molecule has 1 aromatic rings. The van der Waals surface area contributed by atoms with Gasteiger partial charge in [-0.3, -0.25) is 0 Å². The van der Waals surface area contributed by atoms with Crippen molar-refractivity contribution in [2.75, 3.05) is 17.6 Å². The van der Waals surface area contributed by atoms with Gasteiger partial charge < -0.3 is 16.2 Å². The van der Waals surface area contributed by atoms with Crippen LogP contribution in [0.5, 0.6) is 0 Å². The fourth-order valence-electron chi connectivity index (χ4n) is 2.73. The molecule has 0 aliphatic heterocycles. The predicted molar refractivity (Wildman–Crippen MR) is 86.2 cm³/mol. The lowest BCUT2D eigenvalue weighted by Gasteiger charge is -2.40. The molecule has 0 unspecified atom stereocenters. The Bertz CT molecular complexity index is 503. The third-order valence-corrected chi connectivity index (χ3v) is 4.67. The maximum Gasteiger partial charge on any atom is 0.134 e. The monoisotopic (exact) mass is 292 g/mol. The van der Waals surface area contributed by atoms with E-state index < -0.39 is 5.60 Å². The molecule has 21 heavy (non-hydrogen) atoms. The SMILES string of the molecule is CCc1nc(N)c(C)c(NCC2(O)CCC(C)(C)CC2)n1. The van der Waals surface area contributed by atoms with Crippen molar-refractivity contribution < 1.29 is 5.11 Å². The molecule has 5 nitrogen and oxygen atoms in total. The Morgan fingerprint density at radius 3 is 2.38 bits per heavy atom. The first kappa shape index (κ1) is 16.0. The molecule has 118 valence electrons. The molecule has 1 aromatic heterocycles. The van der Waals surface area contributed by atoms with Crippen LogP contribution in [0, 0.1) is 12.3 Å². The lowest BCUT2D eigenvalue weighted by atomic mass is 9.71. The fraction of sp³-hybridized carbons (Fsp3) is 0.750. The van der Waals surface area contributed by atoms with Crippen molar-refractivity contribution in [1.29, 1.82) is 0 Å². The Hall–Kier alpha value is -1.36. The van der Waals surface area contributed by atoms with Crippen LogP contribution < -0.4 is 11.1 Å². The van der Waals surface area contributed by atoms with E-state index in [1.165, 1.54) is 0 Å². The number of rotatable bonds is 4. The molecule has 1 aliphatic carbocycles. The van der Waals surface area contributed by atoms with E-state index in [0.29, 0.717) is 17.8 Å². The fourth-order valence-corrected chi connectivity index (χ4v) is 2.73. The number of anilines is 2. The number of aliphatic hydroxyl groups is 1. The van der Waals surface area contributed by atoms with Crippen LogP contribution in [-0.4, -0.2) is 27.2 Å². The summed E-state index contributed by atoms with van der Waals surface area (Å²) in [5.74, 6) is 2.00. The van der Waals surface area contributed by atoms with Crippen LogP contribution in [0.25, 0.3) is 0 Å². The minimum Gasteiger partial charge on any atom is -0.388 e. The van der Waals surface area contributed by atoms with E-state index in [1.54, 1.807) is 0 Å². The van der Waals surface area contributed by atoms with Crippen molar-refractivity contribution in [2.45, 2.75) is 65.4 Å². The van der Waals surface area contributed by atoms with Crippen LogP contribution in [0.4, 0.5) is 11.6 Å². The highest BCUT2D eigenvalue weighted by Gasteiger charge is 2.36. The largest absolute Gasteiger partial charge is 0.388 e. The topological polar surface area (TPSA) is 84.1 Å². The number of aryl methyl sites for hydroxylation is 1. The molecule has 1 heterocycles. The van der Waals surface area contributed by atoms with Crippen molar-refractivity contribution in [3.05, 3.63) is 11.4 Å². The second-order valence-electron chi connectivity index (χ2n) is 7.09. The van der Waals surface area contributed by atoms with Gasteiger partial charge in [0.25, 0.3) is 0 Å². The van der Waals surface area contributed by atoms with Crippen molar-refractivity contribution >= 4 is 11.6 Å². The summed E-state index contributed by atoms with van der Waals surface area (Å²) in [6.45, 7) is 8.96. The summed E-state index contributed by atoms with van der Waals surface area (Å²) in [7, 11) is 0. The van der Waals surface area contributed by atoms with E-state index in [-0.39, 0.29) is 0 Å². The van der Waals surface area contributed by atoms with Crippen LogP contribution in [0.2, 0.25) is 0 Å². The maximum atomic E-state index is 10.7. The molecular formula is C16H28N4O. The van der Waals surface area contributed by atoms with E-state index in [9.17, 15) is 5.11 Å². The molecule has 2 rings (SSSR count). The second kappa shape index (κ2) is 5.79. The van der Waals surface area contributed by atoms with Gasteiger partial charge in [-0.2, -0.15) is 0 Å². The number of nitrogens with zero attached hydrogens (tertiary/aromatic N) is 2. The number of nitrogens with two attached hydrogens (primary N) is 1. The number of nitrogen functional groups attached to an aromatic ring is 1. The number of nitrogens with one attached hydrogen (secondary N) is 1. The first-order valence-corrected chi connectivity index (χ1v) is 7.84. The summed E-state index contributed by atoms with van der Waals surface area (Å²) in [6, 6.07) is 0. The number of aromatic nitrogens is 2. The first-order valence-electron chi connectivity index (χ1n) is 7.84. The maximum absolute atomic E-state index is 10.7. The third-order valence-electron chi connectivity index (χ3n) is 4.67. The molecular weight excluding hydrogens is 264 g/mol. The van der Waals surface area contributed by atoms with Crippen LogP contribution in [-0.2, 0) is 6.42 Å². The van der Waals surface area contributed by atoms with E-state index in [1.807, 2.05) is 13.8 Å². The van der Waals surface area contributed by atoms with Crippen LogP contribution in [0.15, 0.2) is 0 Å². The minimum atomic E-state index is -0.645. The van der Waals surface area contributed by atoms with Gasteiger partial charge in [-0.15, -0.1) is 0 Å². The highest BCUT2D eigenvalue weighted by atomic mass is 16.3. The van der Waals surface area contributed by atoms with E-state index in [0.717, 1.165) is 49.3 Å². The highest BCUT2D eigenvalue weighted by Crippen LogP contribution is 2.40. The van der Waals surface area contributed by atoms with Gasteiger partial charge in [0.2, 0.25) is 0 Å². The van der Waals surface area contributed by atoms with Crippen LogP contribution >= 0.6 is 0 Å². The molecule has 1 aliphatic rings. The molecule has 0 spiro atoms. The summed E-state index contributed by atoms with van der Waals surface area (Å²) < 4.78 is 0. The molecule has 0 bridgehead atoms. The smallest absolute Gasteiger partial charge is 0.134 e.